The van der Waals surface area contributed by atoms with E-state index < -0.39 is 10.0 Å². The number of anilines is 1. The number of sulfonamides is 1. The molecule has 180 valence electrons. The van der Waals surface area contributed by atoms with Gasteiger partial charge in [-0.2, -0.15) is 4.31 Å². The summed E-state index contributed by atoms with van der Waals surface area (Å²) in [4.78, 5) is 20.2. The third-order valence-corrected chi connectivity index (χ3v) is 9.73. The van der Waals surface area contributed by atoms with Crippen molar-refractivity contribution < 1.29 is 17.9 Å². The van der Waals surface area contributed by atoms with Gasteiger partial charge in [0.15, 0.2) is 5.13 Å². The number of halogens is 1. The summed E-state index contributed by atoms with van der Waals surface area (Å²) in [7, 11) is -3.54. The highest BCUT2D eigenvalue weighted by atomic mass is 79.9. The van der Waals surface area contributed by atoms with Crippen molar-refractivity contribution in [1.82, 2.24) is 9.29 Å². The number of fused-ring (bicyclic) bond motifs is 1. The first-order valence-corrected chi connectivity index (χ1v) is 14.6. The largest absolute Gasteiger partial charge is 0.376 e. The number of benzene rings is 2. The molecule has 7 nitrogen and oxygen atoms in total. The number of carbonyl (C=O) groups is 1. The SMILES string of the molecule is O=C(c1ccc(S(=O)(=O)N2CCCCC2)cc1)N(CC1CCCO1)c1nc2ccc(Br)cc2s1. The number of rotatable bonds is 6. The summed E-state index contributed by atoms with van der Waals surface area (Å²) >= 11 is 4.95. The average Bonchev–Trinajstić information content (AvgIpc) is 3.52. The van der Waals surface area contributed by atoms with Gasteiger partial charge in [-0.15, -0.1) is 0 Å². The first kappa shape index (κ1) is 23.9. The molecule has 0 radical (unpaired) electrons. The van der Waals surface area contributed by atoms with Gasteiger partial charge in [0.05, 0.1) is 27.8 Å². The van der Waals surface area contributed by atoms with Crippen LogP contribution in [0.3, 0.4) is 0 Å². The molecular formula is C24H26BrN3O4S2. The van der Waals surface area contributed by atoms with Gasteiger partial charge < -0.3 is 4.74 Å². The molecule has 2 aliphatic heterocycles. The van der Waals surface area contributed by atoms with Crippen molar-refractivity contribution in [2.75, 3.05) is 31.1 Å². The summed E-state index contributed by atoms with van der Waals surface area (Å²) < 4.78 is 35.2. The minimum atomic E-state index is -3.54. The van der Waals surface area contributed by atoms with Crippen LogP contribution in [0.2, 0.25) is 0 Å². The van der Waals surface area contributed by atoms with Crippen LogP contribution in [0.5, 0.6) is 0 Å². The second-order valence-corrected chi connectivity index (χ2v) is 12.5. The molecule has 3 heterocycles. The van der Waals surface area contributed by atoms with Crippen LogP contribution in [-0.4, -0.2) is 56.0 Å². The Morgan fingerprint density at radius 1 is 1.12 bits per heavy atom. The zero-order valence-electron chi connectivity index (χ0n) is 18.7. The minimum Gasteiger partial charge on any atom is -0.376 e. The van der Waals surface area contributed by atoms with E-state index in [-0.39, 0.29) is 16.9 Å². The Labute approximate surface area is 211 Å². The smallest absolute Gasteiger partial charge is 0.260 e. The van der Waals surface area contributed by atoms with E-state index >= 15 is 0 Å². The van der Waals surface area contributed by atoms with Gasteiger partial charge in [-0.05, 0) is 68.1 Å². The first-order chi connectivity index (χ1) is 16.4. The molecule has 1 aromatic heterocycles. The van der Waals surface area contributed by atoms with Crippen LogP contribution >= 0.6 is 27.3 Å². The lowest BCUT2D eigenvalue weighted by molar-refractivity contribution is 0.0917. The standard InChI is InChI=1S/C24H26BrN3O4S2/c25-18-8-11-21-22(15-18)33-24(26-21)28(16-19-5-4-14-32-19)23(29)17-6-9-20(10-7-17)34(30,31)27-12-2-1-3-13-27/h6-11,15,19H,1-5,12-14,16H2. The Kier molecular flexibility index (Phi) is 7.04. The fourth-order valence-corrected chi connectivity index (χ4v) is 7.46. The molecule has 0 saturated carbocycles. The molecule has 0 N–H and O–H groups in total. The fourth-order valence-electron chi connectivity index (χ4n) is 4.42. The maximum Gasteiger partial charge on any atom is 0.260 e. The molecule has 2 aromatic carbocycles. The molecule has 0 bridgehead atoms. The van der Waals surface area contributed by atoms with Gasteiger partial charge in [-0.3, -0.25) is 9.69 Å². The van der Waals surface area contributed by atoms with Crippen molar-refractivity contribution in [3.05, 3.63) is 52.5 Å². The first-order valence-electron chi connectivity index (χ1n) is 11.5. The van der Waals surface area contributed by atoms with E-state index in [2.05, 4.69) is 15.9 Å². The van der Waals surface area contributed by atoms with Gasteiger partial charge in [-0.25, -0.2) is 13.4 Å². The summed E-state index contributed by atoms with van der Waals surface area (Å²) in [6, 6.07) is 12.1. The molecule has 1 atom stereocenters. The van der Waals surface area contributed by atoms with E-state index in [4.69, 9.17) is 9.72 Å². The second-order valence-electron chi connectivity index (χ2n) is 8.65. The maximum atomic E-state index is 13.6. The number of piperidine rings is 1. The summed E-state index contributed by atoms with van der Waals surface area (Å²) in [6.45, 7) is 2.20. The van der Waals surface area contributed by atoms with E-state index in [0.717, 1.165) is 46.8 Å². The normalized spacial score (nSPS) is 19.5. The van der Waals surface area contributed by atoms with Crippen LogP contribution in [0.25, 0.3) is 10.2 Å². The molecule has 1 unspecified atom stereocenters. The summed E-state index contributed by atoms with van der Waals surface area (Å²) in [5.41, 5.74) is 1.26. The van der Waals surface area contributed by atoms with E-state index in [9.17, 15) is 13.2 Å². The maximum absolute atomic E-state index is 13.6. The van der Waals surface area contributed by atoms with Crippen LogP contribution in [0.4, 0.5) is 5.13 Å². The van der Waals surface area contributed by atoms with Gasteiger partial charge in [-0.1, -0.05) is 33.7 Å². The highest BCUT2D eigenvalue weighted by Crippen LogP contribution is 2.33. The van der Waals surface area contributed by atoms with Crippen molar-refractivity contribution >= 4 is 58.5 Å². The third kappa shape index (κ3) is 4.92. The molecule has 3 aromatic rings. The molecule has 2 aliphatic rings. The van der Waals surface area contributed by atoms with Crippen molar-refractivity contribution in [1.29, 1.82) is 0 Å². The van der Waals surface area contributed by atoms with E-state index in [1.54, 1.807) is 17.0 Å². The lowest BCUT2D eigenvalue weighted by Gasteiger charge is -2.26. The lowest BCUT2D eigenvalue weighted by Crippen LogP contribution is -2.37. The Morgan fingerprint density at radius 2 is 1.88 bits per heavy atom. The fraction of sp³-hybridized carbons (Fsp3) is 0.417. The molecule has 0 spiro atoms. The second kappa shape index (κ2) is 10.0. The van der Waals surface area contributed by atoms with Crippen LogP contribution in [0.15, 0.2) is 51.8 Å². The Hall–Kier alpha value is -1.85. The predicted octanol–water partition coefficient (Wildman–Crippen LogP) is 5.06. The van der Waals surface area contributed by atoms with Crippen molar-refractivity contribution in [2.24, 2.45) is 0 Å². The number of amides is 1. The van der Waals surface area contributed by atoms with E-state index in [0.29, 0.717) is 36.9 Å². The zero-order valence-corrected chi connectivity index (χ0v) is 21.9. The number of aromatic nitrogens is 1. The van der Waals surface area contributed by atoms with Gasteiger partial charge in [0.1, 0.15) is 0 Å². The zero-order chi connectivity index (χ0) is 23.7. The monoisotopic (exact) mass is 563 g/mol. The highest BCUT2D eigenvalue weighted by molar-refractivity contribution is 9.10. The van der Waals surface area contributed by atoms with Gasteiger partial charge >= 0.3 is 0 Å². The van der Waals surface area contributed by atoms with Gasteiger partial charge in [0.25, 0.3) is 5.91 Å². The Balaban J connectivity index is 1.43. The van der Waals surface area contributed by atoms with E-state index in [1.165, 1.54) is 27.8 Å². The lowest BCUT2D eigenvalue weighted by atomic mass is 10.2. The van der Waals surface area contributed by atoms with Crippen molar-refractivity contribution in [2.45, 2.75) is 43.1 Å². The topological polar surface area (TPSA) is 79.8 Å². The van der Waals surface area contributed by atoms with Crippen molar-refractivity contribution in [3.63, 3.8) is 0 Å². The number of hydrogen-bond donors (Lipinski definition) is 0. The Morgan fingerprint density at radius 3 is 2.59 bits per heavy atom. The van der Waals surface area contributed by atoms with Gasteiger partial charge in [0, 0.05) is 29.7 Å². The van der Waals surface area contributed by atoms with Crippen molar-refractivity contribution in [3.8, 4) is 0 Å². The molecule has 2 saturated heterocycles. The van der Waals surface area contributed by atoms with Crippen LogP contribution < -0.4 is 4.90 Å². The molecule has 34 heavy (non-hydrogen) atoms. The quantitative estimate of drug-likeness (QED) is 0.418. The van der Waals surface area contributed by atoms with Gasteiger partial charge in [0.2, 0.25) is 10.0 Å². The molecule has 1 amide bonds. The number of nitrogens with zero attached hydrogens (tertiary/aromatic N) is 3. The number of hydrogen-bond acceptors (Lipinski definition) is 6. The van der Waals surface area contributed by atoms with Crippen LogP contribution in [0.1, 0.15) is 42.5 Å². The molecular weight excluding hydrogens is 538 g/mol. The predicted molar refractivity (Wildman–Crippen MR) is 137 cm³/mol. The third-order valence-electron chi connectivity index (χ3n) is 6.28. The number of thiazole rings is 1. The molecule has 10 heteroatoms. The number of ether oxygens (including phenoxy) is 1. The molecule has 2 fully saturated rings. The number of carbonyl (C=O) groups excluding carboxylic acids is 1. The van der Waals surface area contributed by atoms with E-state index in [1.807, 2.05) is 18.2 Å². The summed E-state index contributed by atoms with van der Waals surface area (Å²) in [6.07, 6.45) is 4.65. The highest BCUT2D eigenvalue weighted by Gasteiger charge is 2.29. The molecule has 0 aliphatic carbocycles. The van der Waals surface area contributed by atoms with Crippen LogP contribution in [-0.2, 0) is 14.8 Å². The minimum absolute atomic E-state index is 0.0403. The van der Waals surface area contributed by atoms with Crippen LogP contribution in [0, 0.1) is 0 Å². The average molecular weight is 565 g/mol. The summed E-state index contributed by atoms with van der Waals surface area (Å²) in [5.74, 6) is -0.212. The molecule has 5 rings (SSSR count). The summed E-state index contributed by atoms with van der Waals surface area (Å²) in [5, 5.41) is 0.610. The Bertz CT molecular complexity index is 1280.